The second kappa shape index (κ2) is 18.4. The van der Waals surface area contributed by atoms with Crippen LogP contribution < -0.4 is 23.1 Å². The van der Waals surface area contributed by atoms with E-state index in [0.717, 1.165) is 0 Å². The van der Waals surface area contributed by atoms with E-state index < -0.39 is 35.8 Å². The smallest absolute Gasteiger partial charge is 0.328 e. The third-order valence-corrected chi connectivity index (χ3v) is 3.42. The topological polar surface area (TPSA) is 234 Å². The summed E-state index contributed by atoms with van der Waals surface area (Å²) in [5, 5.41) is 0. The molecular weight excluding hydrogens is 440 g/mol. The Kier molecular flexibility index (Phi) is 16.5. The van der Waals surface area contributed by atoms with E-state index in [2.05, 4.69) is 40.8 Å². The summed E-state index contributed by atoms with van der Waals surface area (Å²) in [6.07, 6.45) is 0.199. The Morgan fingerprint density at radius 1 is 0.438 bits per heavy atom. The molecule has 0 amide bonds. The molecule has 0 unspecified atom stereocenters. The SMILES string of the molecule is NOC(=O)CCCC(=O)ONOC(=O)CCCCC(=O)ONOC(=O)CCCC(=O)ON. The van der Waals surface area contributed by atoms with Crippen LogP contribution in [0.4, 0.5) is 0 Å². The maximum atomic E-state index is 11.4. The Hall–Kier alpha value is -3.34. The van der Waals surface area contributed by atoms with Gasteiger partial charge in [-0.15, -0.1) is 0 Å². The van der Waals surface area contributed by atoms with E-state index in [-0.39, 0.29) is 64.2 Å². The van der Waals surface area contributed by atoms with Crippen LogP contribution in [0, 0.1) is 0 Å². The minimum Gasteiger partial charge on any atom is -0.373 e. The Morgan fingerprint density at radius 3 is 0.969 bits per heavy atom. The third-order valence-electron chi connectivity index (χ3n) is 3.42. The highest BCUT2D eigenvalue weighted by molar-refractivity contribution is 5.73. The second-order valence-corrected chi connectivity index (χ2v) is 5.96. The Morgan fingerprint density at radius 2 is 0.688 bits per heavy atom. The molecule has 0 aromatic rings. The Bertz CT molecular complexity index is 589. The van der Waals surface area contributed by atoms with Gasteiger partial charge in [-0.1, -0.05) is 0 Å². The number of hydrogen-bond acceptors (Lipinski definition) is 16. The quantitative estimate of drug-likeness (QED) is 0.144. The van der Waals surface area contributed by atoms with Gasteiger partial charge in [-0.3, -0.25) is 28.8 Å². The monoisotopic (exact) mass is 466 g/mol. The van der Waals surface area contributed by atoms with Crippen LogP contribution in [0.15, 0.2) is 0 Å². The largest absolute Gasteiger partial charge is 0.373 e. The zero-order valence-electron chi connectivity index (χ0n) is 17.1. The molecule has 0 saturated heterocycles. The van der Waals surface area contributed by atoms with Crippen molar-refractivity contribution in [2.45, 2.75) is 64.2 Å². The van der Waals surface area contributed by atoms with Crippen molar-refractivity contribution >= 4 is 35.8 Å². The zero-order chi connectivity index (χ0) is 24.2. The molecule has 0 spiro atoms. The van der Waals surface area contributed by atoms with E-state index in [1.165, 1.54) is 0 Å². The predicted octanol–water partition coefficient (Wildman–Crippen LogP) is -1.27. The summed E-state index contributed by atoms with van der Waals surface area (Å²) in [7, 11) is 0. The molecule has 0 heterocycles. The summed E-state index contributed by atoms with van der Waals surface area (Å²) in [4.78, 5) is 92.5. The van der Waals surface area contributed by atoms with Gasteiger partial charge in [0.15, 0.2) is 0 Å². The minimum absolute atomic E-state index is 0.0704. The van der Waals surface area contributed by atoms with E-state index in [1.807, 2.05) is 0 Å². The fourth-order valence-electron chi connectivity index (χ4n) is 1.84. The first-order valence-corrected chi connectivity index (χ1v) is 9.36. The Balaban J connectivity index is 3.63. The van der Waals surface area contributed by atoms with Gasteiger partial charge in [0.1, 0.15) is 0 Å². The molecule has 0 aliphatic rings. The highest BCUT2D eigenvalue weighted by Crippen LogP contribution is 2.03. The maximum absolute atomic E-state index is 11.4. The van der Waals surface area contributed by atoms with Crippen molar-refractivity contribution in [3.8, 4) is 0 Å². The molecule has 0 fully saturated rings. The van der Waals surface area contributed by atoms with E-state index in [9.17, 15) is 28.8 Å². The van der Waals surface area contributed by atoms with Crippen molar-refractivity contribution in [1.29, 1.82) is 0 Å². The molecule has 6 N–H and O–H groups in total. The zero-order valence-corrected chi connectivity index (χ0v) is 17.1. The number of carbonyl (C=O) groups excluding carboxylic acids is 6. The lowest BCUT2D eigenvalue weighted by atomic mass is 10.2. The molecule has 0 aliphatic heterocycles. The average Bonchev–Trinajstić information content (AvgIpc) is 2.76. The fraction of sp³-hybridized carbons (Fsp3) is 0.625. The van der Waals surface area contributed by atoms with Gasteiger partial charge in [-0.2, -0.15) is 11.8 Å². The number of unbranched alkanes of at least 4 members (excludes halogenated alkanes) is 1. The van der Waals surface area contributed by atoms with Gasteiger partial charge in [-0.25, -0.2) is 0 Å². The summed E-state index contributed by atoms with van der Waals surface area (Å²) in [5.41, 5.74) is 3.45. The van der Waals surface area contributed by atoms with Gasteiger partial charge >= 0.3 is 35.8 Å². The second-order valence-electron chi connectivity index (χ2n) is 5.96. The number of hydrogen-bond donors (Lipinski definition) is 4. The average molecular weight is 466 g/mol. The van der Waals surface area contributed by atoms with Crippen LogP contribution in [-0.2, 0) is 57.8 Å². The highest BCUT2D eigenvalue weighted by Gasteiger charge is 2.11. The molecule has 0 rings (SSSR count). The number of carbonyl (C=O) groups is 6. The first-order valence-electron chi connectivity index (χ1n) is 9.36. The van der Waals surface area contributed by atoms with Gasteiger partial charge in [0.05, 0.1) is 0 Å². The molecule has 0 aromatic heterocycles. The van der Waals surface area contributed by atoms with Crippen molar-refractivity contribution < 1.29 is 57.8 Å². The molecule has 16 heteroatoms. The van der Waals surface area contributed by atoms with E-state index in [0.29, 0.717) is 0 Å². The first-order chi connectivity index (χ1) is 15.3. The molecule has 16 nitrogen and oxygen atoms in total. The summed E-state index contributed by atoms with van der Waals surface area (Å²) in [6.45, 7) is 0. The van der Waals surface area contributed by atoms with E-state index in [4.69, 9.17) is 0 Å². The fourth-order valence-corrected chi connectivity index (χ4v) is 1.84. The number of nitrogens with one attached hydrogen (secondary N) is 2. The molecule has 32 heavy (non-hydrogen) atoms. The van der Waals surface area contributed by atoms with Gasteiger partial charge in [-0.05, 0) is 25.7 Å². The summed E-state index contributed by atoms with van der Waals surface area (Å²) < 4.78 is 0. The van der Waals surface area contributed by atoms with Crippen LogP contribution in [0.3, 0.4) is 0 Å². The van der Waals surface area contributed by atoms with Crippen LogP contribution in [-0.4, -0.2) is 35.8 Å². The van der Waals surface area contributed by atoms with Crippen molar-refractivity contribution in [3.63, 3.8) is 0 Å². The predicted molar refractivity (Wildman–Crippen MR) is 97.4 cm³/mol. The van der Waals surface area contributed by atoms with Crippen LogP contribution in [0.25, 0.3) is 0 Å². The van der Waals surface area contributed by atoms with Crippen LogP contribution in [0.2, 0.25) is 0 Å². The molecule has 0 aliphatic carbocycles. The third kappa shape index (κ3) is 17.5. The van der Waals surface area contributed by atoms with Crippen molar-refractivity contribution in [3.05, 3.63) is 0 Å². The molecule has 182 valence electrons. The van der Waals surface area contributed by atoms with Crippen molar-refractivity contribution in [2.24, 2.45) is 11.8 Å². The minimum atomic E-state index is -0.767. The highest BCUT2D eigenvalue weighted by atomic mass is 16.9. The van der Waals surface area contributed by atoms with Gasteiger partial charge in [0.25, 0.3) is 0 Å². The number of rotatable bonds is 17. The maximum Gasteiger partial charge on any atom is 0.328 e. The van der Waals surface area contributed by atoms with Crippen LogP contribution in [0.1, 0.15) is 64.2 Å². The van der Waals surface area contributed by atoms with Crippen LogP contribution >= 0.6 is 0 Å². The van der Waals surface area contributed by atoms with E-state index >= 15 is 0 Å². The van der Waals surface area contributed by atoms with Crippen molar-refractivity contribution in [2.75, 3.05) is 0 Å². The van der Waals surface area contributed by atoms with Gasteiger partial charge in [0, 0.05) is 49.8 Å². The lowest BCUT2D eigenvalue weighted by Gasteiger charge is -2.06. The Labute approximate surface area is 181 Å². The van der Waals surface area contributed by atoms with Gasteiger partial charge in [0.2, 0.25) is 0 Å². The van der Waals surface area contributed by atoms with Crippen molar-refractivity contribution in [1.82, 2.24) is 11.3 Å². The normalized spacial score (nSPS) is 9.94. The summed E-state index contributed by atoms with van der Waals surface area (Å²) in [6, 6.07) is 0. The van der Waals surface area contributed by atoms with Gasteiger partial charge < -0.3 is 29.0 Å². The van der Waals surface area contributed by atoms with Crippen LogP contribution in [0.5, 0.6) is 0 Å². The molecule has 0 radical (unpaired) electrons. The lowest BCUT2D eigenvalue weighted by molar-refractivity contribution is -0.201. The molecule has 0 saturated carbocycles. The first kappa shape index (κ1) is 28.7. The molecule has 0 bridgehead atoms. The van der Waals surface area contributed by atoms with E-state index in [1.54, 1.807) is 11.3 Å². The number of nitrogens with two attached hydrogens (primary N) is 2. The lowest BCUT2D eigenvalue weighted by Crippen LogP contribution is -2.24. The summed E-state index contributed by atoms with van der Waals surface area (Å²) >= 11 is 0. The molecule has 0 aromatic carbocycles. The molecular formula is C16H26N4O12. The standard InChI is InChI=1S/C16H26N4O12/c17-27-11(21)7-3-9-15(25)31-19-29-13(23)5-1-2-6-14(24)30-20-32-16(26)10-4-8-12(22)28-18/h19-20H,1-10,17-18H2. The molecule has 0 atom stereocenters. The summed E-state index contributed by atoms with van der Waals surface area (Å²) in [5.74, 6) is 4.87.